The van der Waals surface area contributed by atoms with Crippen molar-refractivity contribution in [3.8, 4) is 0 Å². The van der Waals surface area contributed by atoms with E-state index in [1.165, 1.54) is 20.2 Å². The zero-order valence-corrected chi connectivity index (χ0v) is 15.1. The lowest BCUT2D eigenvalue weighted by atomic mass is 10.1. The molecule has 1 unspecified atom stereocenters. The number of phosphoric acid groups is 1. The van der Waals surface area contributed by atoms with Crippen molar-refractivity contribution in [1.29, 1.82) is 0 Å². The predicted molar refractivity (Wildman–Crippen MR) is 85.2 cm³/mol. The third-order valence-corrected chi connectivity index (χ3v) is 4.56. The molecule has 0 radical (unpaired) electrons. The van der Waals surface area contributed by atoms with Crippen LogP contribution in [0.3, 0.4) is 0 Å². The molecule has 0 bridgehead atoms. The first-order valence-corrected chi connectivity index (χ1v) is 9.25. The van der Waals surface area contributed by atoms with Crippen molar-refractivity contribution in [2.24, 2.45) is 5.92 Å². The van der Waals surface area contributed by atoms with Gasteiger partial charge >= 0.3 is 19.8 Å². The van der Waals surface area contributed by atoms with Crippen LogP contribution < -0.4 is 5.32 Å². The number of nitrogens with zero attached hydrogens (tertiary/aromatic N) is 1. The van der Waals surface area contributed by atoms with Crippen LogP contribution >= 0.6 is 7.82 Å². The van der Waals surface area contributed by atoms with Crippen molar-refractivity contribution in [3.05, 3.63) is 12.3 Å². The van der Waals surface area contributed by atoms with E-state index < -0.39 is 44.2 Å². The predicted octanol–water partition coefficient (Wildman–Crippen LogP) is -0.0650. The van der Waals surface area contributed by atoms with E-state index in [4.69, 9.17) is 18.5 Å². The highest BCUT2D eigenvalue weighted by atomic mass is 31.2. The van der Waals surface area contributed by atoms with Crippen molar-refractivity contribution in [1.82, 2.24) is 5.32 Å². The molecular weight excluding hydrogens is 371 g/mol. The Morgan fingerprint density at radius 2 is 2.04 bits per heavy atom. The molecule has 3 atom stereocenters. The van der Waals surface area contributed by atoms with Gasteiger partial charge in [-0.25, -0.2) is 9.36 Å². The van der Waals surface area contributed by atoms with Gasteiger partial charge in [0.15, 0.2) is 11.9 Å². The van der Waals surface area contributed by atoms with Crippen LogP contribution in [0.1, 0.15) is 13.3 Å². The molecule has 3 amide bonds. The van der Waals surface area contributed by atoms with E-state index >= 15 is 0 Å². The lowest BCUT2D eigenvalue weighted by molar-refractivity contribution is -0.366. The molecule has 2 aliphatic rings. The van der Waals surface area contributed by atoms with Crippen molar-refractivity contribution in [2.45, 2.75) is 19.4 Å². The molecule has 26 heavy (non-hydrogen) atoms. The Kier molecular flexibility index (Phi) is 6.79. The van der Waals surface area contributed by atoms with Crippen LogP contribution in [0, 0.1) is 5.92 Å². The van der Waals surface area contributed by atoms with Crippen LogP contribution in [-0.2, 0) is 32.7 Å². The number of rotatable bonds is 8. The van der Waals surface area contributed by atoms with Crippen LogP contribution in [0.2, 0.25) is 0 Å². The first kappa shape index (κ1) is 20.4. The molecule has 144 valence electrons. The second-order valence-electron chi connectivity index (χ2n) is 5.49. The highest BCUT2D eigenvalue weighted by Gasteiger charge is 2.45. The summed E-state index contributed by atoms with van der Waals surface area (Å²) in [6.07, 6.45) is 1.50. The zero-order valence-electron chi connectivity index (χ0n) is 14.2. The van der Waals surface area contributed by atoms with Crippen LogP contribution in [0.5, 0.6) is 0 Å². The van der Waals surface area contributed by atoms with Gasteiger partial charge in [0, 0.05) is 13.7 Å². The number of carbonyl (C=O) groups is 3. The Labute approximate surface area is 149 Å². The standard InChI is InChI=1S/C14H19N2O9P/c1-9-12(18)10(8-24-26(20,21)23-7-3-6-22-2)25-13(9)16-5-4-11(17)15-14(16)19/h4-5,9-10H,3,6-8H2,1-2H3,(H-,15,17,19,20,21)/p+1/b16-13-/t9-,10+/m0/s1. The van der Waals surface area contributed by atoms with E-state index in [0.29, 0.717) is 13.0 Å². The highest BCUT2D eigenvalue weighted by molar-refractivity contribution is 7.47. The van der Waals surface area contributed by atoms with Crippen molar-refractivity contribution in [3.63, 3.8) is 0 Å². The number of nitrogens with one attached hydrogen (secondary N) is 1. The molecule has 0 aromatic heterocycles. The second kappa shape index (κ2) is 8.65. The first-order chi connectivity index (χ1) is 12.2. The number of phosphoric ester groups is 1. The molecule has 0 aromatic carbocycles. The maximum atomic E-state index is 12.2. The average Bonchev–Trinajstić information content (AvgIpc) is 2.85. The van der Waals surface area contributed by atoms with Crippen molar-refractivity contribution < 1.29 is 46.9 Å². The molecule has 2 aliphatic heterocycles. The molecule has 2 heterocycles. The number of hydrogen-bond acceptors (Lipinski definition) is 8. The number of Topliss-reactive ketones (excluding diaryl/α,β-unsaturated/α-hetero) is 1. The number of ketones is 1. The van der Waals surface area contributed by atoms with Gasteiger partial charge in [0.05, 0.1) is 12.7 Å². The van der Waals surface area contributed by atoms with Crippen molar-refractivity contribution in [2.75, 3.05) is 26.9 Å². The maximum absolute atomic E-state index is 12.2. The van der Waals surface area contributed by atoms with Gasteiger partial charge in [-0.2, -0.15) is 10.1 Å². The monoisotopic (exact) mass is 391 g/mol. The number of urea groups is 1. The van der Waals surface area contributed by atoms with Gasteiger partial charge in [0.25, 0.3) is 5.90 Å². The van der Waals surface area contributed by atoms with Gasteiger partial charge in [-0.1, -0.05) is 0 Å². The summed E-state index contributed by atoms with van der Waals surface area (Å²) >= 11 is 0. The van der Waals surface area contributed by atoms with Crippen LogP contribution in [0.25, 0.3) is 0 Å². The number of hydrogen-bond donors (Lipinski definition) is 2. The molecule has 1 saturated heterocycles. The lowest BCUT2D eigenvalue weighted by Gasteiger charge is -2.14. The highest BCUT2D eigenvalue weighted by Crippen LogP contribution is 2.43. The van der Waals surface area contributed by atoms with Crippen LogP contribution in [0.15, 0.2) is 12.3 Å². The Bertz CT molecular complexity index is 703. The van der Waals surface area contributed by atoms with Gasteiger partial charge in [-0.15, -0.1) is 4.58 Å². The third kappa shape index (κ3) is 5.05. The Hall–Kier alpha value is -1.91. The lowest BCUT2D eigenvalue weighted by Crippen LogP contribution is -2.41. The fourth-order valence-corrected chi connectivity index (χ4v) is 3.02. The summed E-state index contributed by atoms with van der Waals surface area (Å²) in [7, 11) is -2.87. The smallest absolute Gasteiger partial charge is 0.451 e. The van der Waals surface area contributed by atoms with Gasteiger partial charge in [-0.05, 0) is 13.3 Å². The SMILES string of the molecule is COCCCOP(=O)(O)OC[C@H]1O/C(=[N+]2/C=CC(=O)NC2=O)[C@@H](C)C1=O. The van der Waals surface area contributed by atoms with E-state index in [1.54, 1.807) is 0 Å². The zero-order chi connectivity index (χ0) is 19.3. The number of carbonyl (C=O) groups excluding carboxylic acids is 3. The Morgan fingerprint density at radius 1 is 1.31 bits per heavy atom. The number of imide groups is 1. The largest absolute Gasteiger partial charge is 0.506 e. The molecule has 11 nitrogen and oxygen atoms in total. The molecule has 12 heteroatoms. The normalized spacial score (nSPS) is 28.0. The minimum atomic E-state index is -4.35. The van der Waals surface area contributed by atoms with Crippen LogP contribution in [-0.4, -0.2) is 66.1 Å². The molecule has 0 saturated carbocycles. The summed E-state index contributed by atoms with van der Waals surface area (Å²) in [4.78, 5) is 44.8. The fourth-order valence-electron chi connectivity index (χ4n) is 2.26. The topological polar surface area (TPSA) is 140 Å². The molecule has 2 N–H and O–H groups in total. The van der Waals surface area contributed by atoms with Gasteiger partial charge in [0.1, 0.15) is 18.7 Å². The molecule has 0 aromatic rings. The van der Waals surface area contributed by atoms with E-state index in [9.17, 15) is 23.8 Å². The van der Waals surface area contributed by atoms with Crippen LogP contribution in [0.4, 0.5) is 4.79 Å². The summed E-state index contributed by atoms with van der Waals surface area (Å²) in [5.41, 5.74) is 0. The number of amides is 3. The maximum Gasteiger partial charge on any atom is 0.506 e. The van der Waals surface area contributed by atoms with Gasteiger partial charge in [-0.3, -0.25) is 13.8 Å². The minimum absolute atomic E-state index is 0.00126. The molecular formula is C14H20N2O9P+. The van der Waals surface area contributed by atoms with E-state index in [1.807, 2.05) is 5.32 Å². The quantitative estimate of drug-likeness (QED) is 0.331. The number of ether oxygens (including phenoxy) is 2. The van der Waals surface area contributed by atoms with Crippen molar-refractivity contribution >= 4 is 31.4 Å². The molecule has 1 fully saturated rings. The first-order valence-electron chi connectivity index (χ1n) is 7.75. The molecule has 0 aliphatic carbocycles. The van der Waals surface area contributed by atoms with E-state index in [0.717, 1.165) is 10.7 Å². The van der Waals surface area contributed by atoms with E-state index in [2.05, 4.69) is 0 Å². The molecule has 2 rings (SSSR count). The summed E-state index contributed by atoms with van der Waals surface area (Å²) in [6, 6.07) is -0.761. The number of methoxy groups -OCH3 is 1. The minimum Gasteiger partial charge on any atom is -0.451 e. The summed E-state index contributed by atoms with van der Waals surface area (Å²) in [5, 5.41) is 2.05. The summed E-state index contributed by atoms with van der Waals surface area (Å²) < 4.78 is 32.5. The third-order valence-electron chi connectivity index (χ3n) is 3.58. The average molecular weight is 391 g/mol. The van der Waals surface area contributed by atoms with Gasteiger partial charge in [0.2, 0.25) is 0 Å². The Balaban J connectivity index is 1.99. The second-order valence-corrected chi connectivity index (χ2v) is 6.95. The molecule has 0 spiro atoms. The van der Waals surface area contributed by atoms with E-state index in [-0.39, 0.29) is 12.5 Å². The summed E-state index contributed by atoms with van der Waals surface area (Å²) in [6.45, 7) is 1.29. The summed E-state index contributed by atoms with van der Waals surface area (Å²) in [5.74, 6) is -1.82. The fraction of sp³-hybridized carbons (Fsp3) is 0.571. The van der Waals surface area contributed by atoms with Gasteiger partial charge < -0.3 is 14.4 Å². The Morgan fingerprint density at radius 3 is 2.69 bits per heavy atom.